The topological polar surface area (TPSA) is 121 Å². The van der Waals surface area contributed by atoms with E-state index in [4.69, 9.17) is 9.47 Å². The van der Waals surface area contributed by atoms with E-state index in [0.717, 1.165) is 10.2 Å². The molecule has 0 saturated carbocycles. The molecule has 5 rings (SSSR count). The normalized spacial score (nSPS) is 12.3. The van der Waals surface area contributed by atoms with E-state index in [1.807, 2.05) is 19.1 Å². The number of rotatable bonds is 4. The van der Waals surface area contributed by atoms with Gasteiger partial charge in [0.15, 0.2) is 11.5 Å². The number of thiazole rings is 1. The van der Waals surface area contributed by atoms with Gasteiger partial charge in [0.1, 0.15) is 5.82 Å². The summed E-state index contributed by atoms with van der Waals surface area (Å²) in [5.74, 6) is 1.34. The molecule has 0 fully saturated rings. The average Bonchev–Trinajstić information content (AvgIpc) is 3.43. The Hall–Kier alpha value is -3.99. The summed E-state index contributed by atoms with van der Waals surface area (Å²) in [5, 5.41) is 18.6. The largest absolute Gasteiger partial charge is 0.454 e. The molecule has 0 bridgehead atoms. The summed E-state index contributed by atoms with van der Waals surface area (Å²) in [7, 11) is 0. The highest BCUT2D eigenvalue weighted by Crippen LogP contribution is 2.39. The number of hydrogen-bond acceptors (Lipinski definition) is 8. The summed E-state index contributed by atoms with van der Waals surface area (Å²) in [6, 6.07) is 10.8. The minimum Gasteiger partial charge on any atom is -0.454 e. The third kappa shape index (κ3) is 3.10. The Morgan fingerprint density at radius 3 is 2.67 bits per heavy atom. The molecule has 1 aliphatic heterocycles. The monoisotopic (exact) mass is 423 g/mol. The van der Waals surface area contributed by atoms with Crippen LogP contribution in [0.2, 0.25) is 0 Å². The van der Waals surface area contributed by atoms with Crippen LogP contribution in [0.25, 0.3) is 15.3 Å². The smallest absolute Gasteiger partial charge is 0.269 e. The quantitative estimate of drug-likeness (QED) is 0.392. The number of nitro groups is 1. The summed E-state index contributed by atoms with van der Waals surface area (Å²) in [5.41, 5.74) is 1.64. The zero-order valence-corrected chi connectivity index (χ0v) is 16.3. The number of ether oxygens (including phenoxy) is 2. The van der Waals surface area contributed by atoms with Crippen LogP contribution in [0.15, 0.2) is 42.5 Å². The van der Waals surface area contributed by atoms with Gasteiger partial charge < -0.3 is 14.8 Å². The van der Waals surface area contributed by atoms with Crippen molar-refractivity contribution in [2.24, 2.45) is 0 Å². The highest BCUT2D eigenvalue weighted by Gasteiger charge is 2.19. The van der Waals surface area contributed by atoms with Crippen molar-refractivity contribution in [1.29, 1.82) is 0 Å². The molecule has 30 heavy (non-hydrogen) atoms. The van der Waals surface area contributed by atoms with Gasteiger partial charge in [-0.15, -0.1) is 0 Å². The van der Waals surface area contributed by atoms with E-state index in [0.29, 0.717) is 33.7 Å². The number of anilines is 1. The van der Waals surface area contributed by atoms with Crippen LogP contribution < -0.4 is 14.8 Å². The summed E-state index contributed by atoms with van der Waals surface area (Å²) in [6.45, 7) is 2.00. The fourth-order valence-corrected chi connectivity index (χ4v) is 4.00. The Labute approximate surface area is 172 Å². The predicted molar refractivity (Wildman–Crippen MR) is 109 cm³/mol. The number of nitro benzene ring substituents is 1. The fraction of sp³-hybridized carbons (Fsp3) is 0.105. The summed E-state index contributed by atoms with van der Waals surface area (Å²) < 4.78 is 13.3. The van der Waals surface area contributed by atoms with E-state index >= 15 is 0 Å². The molecular weight excluding hydrogens is 410 g/mol. The van der Waals surface area contributed by atoms with Gasteiger partial charge in [0.25, 0.3) is 11.6 Å². The summed E-state index contributed by atoms with van der Waals surface area (Å²) >= 11 is 1.40. The predicted octanol–water partition coefficient (Wildman–Crippen LogP) is 3.68. The van der Waals surface area contributed by atoms with E-state index in [1.165, 1.54) is 35.6 Å². The van der Waals surface area contributed by atoms with Gasteiger partial charge >= 0.3 is 0 Å². The van der Waals surface area contributed by atoms with E-state index < -0.39 is 10.8 Å². The minimum absolute atomic E-state index is 0.0817. The third-order valence-corrected chi connectivity index (χ3v) is 5.46. The number of non-ortho nitro benzene ring substituents is 1. The number of carbonyl (C=O) groups excluding carboxylic acids is 1. The van der Waals surface area contributed by atoms with E-state index in [9.17, 15) is 14.9 Å². The second-order valence-corrected chi connectivity index (χ2v) is 7.52. The zero-order valence-electron chi connectivity index (χ0n) is 15.5. The molecule has 1 amide bonds. The zero-order chi connectivity index (χ0) is 20.8. The van der Waals surface area contributed by atoms with Gasteiger partial charge in [-0.3, -0.25) is 14.9 Å². The highest BCUT2D eigenvalue weighted by molar-refractivity contribution is 7.20. The van der Waals surface area contributed by atoms with Crippen molar-refractivity contribution in [2.75, 3.05) is 12.1 Å². The first-order valence-corrected chi connectivity index (χ1v) is 9.62. The number of aromatic nitrogens is 3. The van der Waals surface area contributed by atoms with Crippen LogP contribution in [0.3, 0.4) is 0 Å². The number of amides is 1. The lowest BCUT2D eigenvalue weighted by atomic mass is 10.2. The molecule has 10 nitrogen and oxygen atoms in total. The van der Waals surface area contributed by atoms with Gasteiger partial charge in [-0.2, -0.15) is 9.78 Å². The van der Waals surface area contributed by atoms with Crippen molar-refractivity contribution in [2.45, 2.75) is 6.92 Å². The van der Waals surface area contributed by atoms with E-state index in [-0.39, 0.29) is 12.5 Å². The average molecular weight is 423 g/mol. The molecule has 0 unspecified atom stereocenters. The molecule has 0 atom stereocenters. The van der Waals surface area contributed by atoms with Gasteiger partial charge in [0, 0.05) is 35.9 Å². The van der Waals surface area contributed by atoms with Crippen molar-refractivity contribution in [3.8, 4) is 16.6 Å². The highest BCUT2D eigenvalue weighted by atomic mass is 32.1. The van der Waals surface area contributed by atoms with Crippen LogP contribution in [0.4, 0.5) is 11.5 Å². The Bertz CT molecular complexity index is 1270. The van der Waals surface area contributed by atoms with Crippen molar-refractivity contribution in [3.63, 3.8) is 0 Å². The summed E-state index contributed by atoms with van der Waals surface area (Å²) in [6.07, 6.45) is 0. The number of hydrogen-bond donors (Lipinski definition) is 1. The molecule has 3 heterocycles. The third-order valence-electron chi connectivity index (χ3n) is 4.47. The van der Waals surface area contributed by atoms with Crippen LogP contribution in [0, 0.1) is 17.0 Å². The second kappa shape index (κ2) is 6.81. The molecule has 2 aromatic heterocycles. The van der Waals surface area contributed by atoms with Crippen LogP contribution in [0.1, 0.15) is 16.1 Å². The standard InChI is InChI=1S/C19H13N5O5S/c1-10-6-17(21-18(25)11-2-4-12(5-3-11)24(26)27)23(22-10)19-20-13-7-14-15(29-9-28-14)8-16(13)30-19/h2-8H,9H2,1H3,(H,21,25). The van der Waals surface area contributed by atoms with E-state index in [1.54, 1.807) is 10.7 Å². The maximum atomic E-state index is 12.6. The SMILES string of the molecule is Cc1cc(NC(=O)c2ccc([N+](=O)[O-])cc2)n(-c2nc3cc4c(cc3s2)OCO4)n1. The number of nitrogens with zero attached hydrogens (tertiary/aromatic N) is 4. The first-order valence-electron chi connectivity index (χ1n) is 8.81. The fourth-order valence-electron chi connectivity index (χ4n) is 3.05. The lowest BCUT2D eigenvalue weighted by molar-refractivity contribution is -0.384. The van der Waals surface area contributed by atoms with Gasteiger partial charge in [0.05, 0.1) is 20.8 Å². The number of carbonyl (C=O) groups is 1. The minimum atomic E-state index is -0.515. The molecule has 2 aromatic carbocycles. The number of aryl methyl sites for hydroxylation is 1. The van der Waals surface area contributed by atoms with Gasteiger partial charge in [-0.1, -0.05) is 11.3 Å². The molecule has 150 valence electrons. The van der Waals surface area contributed by atoms with E-state index in [2.05, 4.69) is 15.4 Å². The maximum Gasteiger partial charge on any atom is 0.269 e. The van der Waals surface area contributed by atoms with Crippen molar-refractivity contribution in [1.82, 2.24) is 14.8 Å². The molecule has 11 heteroatoms. The molecule has 0 aliphatic carbocycles. The number of fused-ring (bicyclic) bond motifs is 2. The van der Waals surface area contributed by atoms with Crippen LogP contribution >= 0.6 is 11.3 Å². The Kier molecular flexibility index (Phi) is 4.10. The van der Waals surface area contributed by atoms with Crippen molar-refractivity contribution in [3.05, 3.63) is 63.8 Å². The molecular formula is C19H13N5O5S. The molecule has 1 aliphatic rings. The van der Waals surface area contributed by atoms with Crippen LogP contribution in [0.5, 0.6) is 11.5 Å². The molecule has 1 N–H and O–H groups in total. The van der Waals surface area contributed by atoms with Gasteiger partial charge in [-0.05, 0) is 19.1 Å². The molecule has 0 spiro atoms. The lowest BCUT2D eigenvalue weighted by Crippen LogP contribution is -2.15. The summed E-state index contributed by atoms with van der Waals surface area (Å²) in [4.78, 5) is 27.5. The lowest BCUT2D eigenvalue weighted by Gasteiger charge is -2.06. The Balaban J connectivity index is 1.46. The Morgan fingerprint density at radius 1 is 1.20 bits per heavy atom. The van der Waals surface area contributed by atoms with Crippen LogP contribution in [-0.2, 0) is 0 Å². The number of benzene rings is 2. The van der Waals surface area contributed by atoms with Gasteiger partial charge in [0.2, 0.25) is 11.9 Å². The molecule has 0 radical (unpaired) electrons. The van der Waals surface area contributed by atoms with Gasteiger partial charge in [-0.25, -0.2) is 4.98 Å². The maximum absolute atomic E-state index is 12.6. The van der Waals surface area contributed by atoms with Crippen molar-refractivity contribution < 1.29 is 19.2 Å². The Morgan fingerprint density at radius 2 is 1.93 bits per heavy atom. The second-order valence-electron chi connectivity index (χ2n) is 6.51. The first kappa shape index (κ1) is 18.1. The molecule has 4 aromatic rings. The van der Waals surface area contributed by atoms with Crippen molar-refractivity contribution >= 4 is 39.0 Å². The molecule has 0 saturated heterocycles. The van der Waals surface area contributed by atoms with Crippen LogP contribution in [-0.4, -0.2) is 32.4 Å². The number of nitrogens with one attached hydrogen (secondary N) is 1. The first-order chi connectivity index (χ1) is 14.5.